The van der Waals surface area contributed by atoms with Gasteiger partial charge in [0.15, 0.2) is 0 Å². The van der Waals surface area contributed by atoms with Crippen molar-refractivity contribution in [2.45, 2.75) is 39.2 Å². The number of carbonyl (C=O) groups is 2. The lowest BCUT2D eigenvalue weighted by atomic mass is 10.0. The molecule has 2 aromatic rings. The van der Waals surface area contributed by atoms with Crippen LogP contribution in [0, 0.1) is 5.92 Å². The van der Waals surface area contributed by atoms with Crippen LogP contribution >= 0.6 is 0 Å². The molecule has 0 radical (unpaired) electrons. The van der Waals surface area contributed by atoms with E-state index in [4.69, 9.17) is 0 Å². The summed E-state index contributed by atoms with van der Waals surface area (Å²) in [5.41, 5.74) is 0.810. The Bertz CT molecular complexity index is 774. The van der Waals surface area contributed by atoms with Crippen molar-refractivity contribution in [2.75, 3.05) is 18.4 Å². The zero-order valence-corrected chi connectivity index (χ0v) is 15.5. The molecule has 1 aliphatic rings. The first-order chi connectivity index (χ1) is 12.5. The molecule has 3 amide bonds. The number of urea groups is 1. The molecule has 1 saturated heterocycles. The Morgan fingerprint density at radius 2 is 1.77 bits per heavy atom. The molecule has 5 heteroatoms. The second-order valence-corrected chi connectivity index (χ2v) is 7.38. The Labute approximate surface area is 154 Å². The fourth-order valence-corrected chi connectivity index (χ4v) is 3.43. The molecule has 2 N–H and O–H groups in total. The standard InChI is InChI=1S/C21H27N3O2/c1-15(2)14-20(25)24-12-10-17(11-13-24)22-21(26)23-19-9-5-7-16-6-3-4-8-18(16)19/h3-9,15,17H,10-14H2,1-2H3,(H2,22,23,26). The molecule has 0 unspecified atom stereocenters. The van der Waals surface area contributed by atoms with Crippen LogP contribution in [0.25, 0.3) is 10.8 Å². The summed E-state index contributed by atoms with van der Waals surface area (Å²) < 4.78 is 0. The van der Waals surface area contributed by atoms with Gasteiger partial charge in [0.25, 0.3) is 0 Å². The first-order valence-corrected chi connectivity index (χ1v) is 9.36. The number of rotatable bonds is 4. The monoisotopic (exact) mass is 353 g/mol. The Kier molecular flexibility index (Phi) is 5.76. The zero-order valence-electron chi connectivity index (χ0n) is 15.5. The minimum atomic E-state index is -0.187. The van der Waals surface area contributed by atoms with E-state index in [1.807, 2.05) is 47.4 Å². The molecule has 0 aromatic heterocycles. The highest BCUT2D eigenvalue weighted by atomic mass is 16.2. The van der Waals surface area contributed by atoms with E-state index in [2.05, 4.69) is 24.5 Å². The summed E-state index contributed by atoms with van der Waals surface area (Å²) in [5.74, 6) is 0.600. The molecule has 1 fully saturated rings. The van der Waals surface area contributed by atoms with Crippen LogP contribution in [0.15, 0.2) is 42.5 Å². The summed E-state index contributed by atoms with van der Waals surface area (Å²) in [7, 11) is 0. The maximum Gasteiger partial charge on any atom is 0.319 e. The van der Waals surface area contributed by atoms with Crippen molar-refractivity contribution in [3.05, 3.63) is 42.5 Å². The minimum absolute atomic E-state index is 0.105. The van der Waals surface area contributed by atoms with Gasteiger partial charge in [0.05, 0.1) is 5.69 Å². The quantitative estimate of drug-likeness (QED) is 0.873. The first kappa shape index (κ1) is 18.2. The molecule has 26 heavy (non-hydrogen) atoms. The van der Waals surface area contributed by atoms with Gasteiger partial charge in [-0.25, -0.2) is 4.79 Å². The highest BCUT2D eigenvalue weighted by Crippen LogP contribution is 2.23. The van der Waals surface area contributed by atoms with Gasteiger partial charge in [-0.2, -0.15) is 0 Å². The number of carbonyl (C=O) groups excluding carboxylic acids is 2. The highest BCUT2D eigenvalue weighted by molar-refractivity contribution is 6.01. The number of hydrogen-bond donors (Lipinski definition) is 2. The number of piperidine rings is 1. The van der Waals surface area contributed by atoms with Crippen LogP contribution in [0.4, 0.5) is 10.5 Å². The van der Waals surface area contributed by atoms with Crippen molar-refractivity contribution in [1.82, 2.24) is 10.2 Å². The maximum atomic E-state index is 12.4. The van der Waals surface area contributed by atoms with Crippen LogP contribution < -0.4 is 10.6 Å². The molecular weight excluding hydrogens is 326 g/mol. The summed E-state index contributed by atoms with van der Waals surface area (Å²) in [5, 5.41) is 8.13. The second kappa shape index (κ2) is 8.21. The summed E-state index contributed by atoms with van der Waals surface area (Å²) in [6.45, 7) is 5.54. The Balaban J connectivity index is 1.52. The maximum absolute atomic E-state index is 12.4. The molecule has 0 spiro atoms. The number of amides is 3. The predicted octanol–water partition coefficient (Wildman–Crippen LogP) is 4.00. The number of fused-ring (bicyclic) bond motifs is 1. The van der Waals surface area contributed by atoms with Gasteiger partial charge in [-0.1, -0.05) is 50.2 Å². The lowest BCUT2D eigenvalue weighted by Crippen LogP contribution is -2.47. The first-order valence-electron chi connectivity index (χ1n) is 9.36. The van der Waals surface area contributed by atoms with Gasteiger partial charge in [0.1, 0.15) is 0 Å². The summed E-state index contributed by atoms with van der Waals surface area (Å²) in [6.07, 6.45) is 2.19. The van der Waals surface area contributed by atoms with Crippen molar-refractivity contribution >= 4 is 28.4 Å². The lowest BCUT2D eigenvalue weighted by molar-refractivity contribution is -0.133. The molecule has 3 rings (SSSR count). The van der Waals surface area contributed by atoms with E-state index in [0.29, 0.717) is 25.4 Å². The van der Waals surface area contributed by atoms with Crippen LogP contribution in [0.5, 0.6) is 0 Å². The lowest BCUT2D eigenvalue weighted by Gasteiger charge is -2.32. The van der Waals surface area contributed by atoms with Crippen LogP contribution in [0.2, 0.25) is 0 Å². The van der Waals surface area contributed by atoms with Gasteiger partial charge in [-0.05, 0) is 30.2 Å². The average molecular weight is 353 g/mol. The average Bonchev–Trinajstić information content (AvgIpc) is 2.62. The van der Waals surface area contributed by atoms with Crippen molar-refractivity contribution in [3.63, 3.8) is 0 Å². The molecule has 0 saturated carbocycles. The Hall–Kier alpha value is -2.56. The zero-order chi connectivity index (χ0) is 18.5. The van der Waals surface area contributed by atoms with Crippen molar-refractivity contribution in [2.24, 2.45) is 5.92 Å². The Morgan fingerprint density at radius 3 is 2.50 bits per heavy atom. The van der Waals surface area contributed by atoms with Gasteiger partial charge in [0.2, 0.25) is 5.91 Å². The molecule has 0 aliphatic carbocycles. The molecule has 0 atom stereocenters. The van der Waals surface area contributed by atoms with Gasteiger partial charge in [-0.3, -0.25) is 4.79 Å². The smallest absolute Gasteiger partial charge is 0.319 e. The Morgan fingerprint density at radius 1 is 1.08 bits per heavy atom. The van der Waals surface area contributed by atoms with Crippen molar-refractivity contribution in [1.29, 1.82) is 0 Å². The number of nitrogens with zero attached hydrogens (tertiary/aromatic N) is 1. The van der Waals surface area contributed by atoms with Crippen LogP contribution in [0.3, 0.4) is 0 Å². The van der Waals surface area contributed by atoms with Crippen LogP contribution in [-0.4, -0.2) is 36.0 Å². The highest BCUT2D eigenvalue weighted by Gasteiger charge is 2.24. The number of hydrogen-bond acceptors (Lipinski definition) is 2. The van der Waals surface area contributed by atoms with E-state index >= 15 is 0 Å². The number of likely N-dealkylation sites (tertiary alicyclic amines) is 1. The molecular formula is C21H27N3O2. The van der Waals surface area contributed by atoms with E-state index in [1.54, 1.807) is 0 Å². The largest absolute Gasteiger partial charge is 0.343 e. The van der Waals surface area contributed by atoms with Crippen LogP contribution in [0.1, 0.15) is 33.1 Å². The van der Waals surface area contributed by atoms with E-state index in [1.165, 1.54) is 0 Å². The third-order valence-corrected chi connectivity index (χ3v) is 4.80. The fourth-order valence-electron chi connectivity index (χ4n) is 3.43. The number of anilines is 1. The van der Waals surface area contributed by atoms with Gasteiger partial charge in [-0.15, -0.1) is 0 Å². The molecule has 1 heterocycles. The van der Waals surface area contributed by atoms with Crippen LogP contribution in [-0.2, 0) is 4.79 Å². The van der Waals surface area contributed by atoms with Crippen molar-refractivity contribution in [3.8, 4) is 0 Å². The van der Waals surface area contributed by atoms with Gasteiger partial charge >= 0.3 is 6.03 Å². The van der Waals surface area contributed by atoms with E-state index in [9.17, 15) is 9.59 Å². The van der Waals surface area contributed by atoms with Gasteiger partial charge < -0.3 is 15.5 Å². The molecule has 0 bridgehead atoms. The van der Waals surface area contributed by atoms with E-state index < -0.39 is 0 Å². The topological polar surface area (TPSA) is 61.4 Å². The van der Waals surface area contributed by atoms with Crippen molar-refractivity contribution < 1.29 is 9.59 Å². The number of nitrogens with one attached hydrogen (secondary N) is 2. The third-order valence-electron chi connectivity index (χ3n) is 4.80. The SMILES string of the molecule is CC(C)CC(=O)N1CCC(NC(=O)Nc2cccc3ccccc23)CC1. The third kappa shape index (κ3) is 4.54. The molecule has 5 nitrogen and oxygen atoms in total. The molecule has 138 valence electrons. The normalized spacial score (nSPS) is 15.3. The molecule has 2 aromatic carbocycles. The summed E-state index contributed by atoms with van der Waals surface area (Å²) in [6, 6.07) is 13.8. The molecule has 1 aliphatic heterocycles. The predicted molar refractivity (Wildman–Crippen MR) is 105 cm³/mol. The minimum Gasteiger partial charge on any atom is -0.343 e. The van der Waals surface area contributed by atoms with Gasteiger partial charge in [0, 0.05) is 30.9 Å². The summed E-state index contributed by atoms with van der Waals surface area (Å²) >= 11 is 0. The number of benzene rings is 2. The fraction of sp³-hybridized carbons (Fsp3) is 0.429. The summed E-state index contributed by atoms with van der Waals surface area (Å²) in [4.78, 5) is 26.4. The second-order valence-electron chi connectivity index (χ2n) is 7.38. The van der Waals surface area contributed by atoms with E-state index in [0.717, 1.165) is 29.3 Å². The van der Waals surface area contributed by atoms with E-state index in [-0.39, 0.29) is 18.0 Å².